The third kappa shape index (κ3) is 2.82. The molecule has 0 aliphatic carbocycles. The standard InChI is InChI=1S/C13H8ClF2NO2/c14-9-6-7(18)4-5-11(9)17-13(19)8-2-1-3-10(15)12(8)16/h1-6,18H,(H,17,19). The van der Waals surface area contributed by atoms with E-state index >= 15 is 0 Å². The van der Waals surface area contributed by atoms with E-state index in [0.717, 1.165) is 12.1 Å². The summed E-state index contributed by atoms with van der Waals surface area (Å²) in [5.74, 6) is -3.23. The summed E-state index contributed by atoms with van der Waals surface area (Å²) < 4.78 is 26.4. The van der Waals surface area contributed by atoms with Gasteiger partial charge in [0.05, 0.1) is 16.3 Å². The molecule has 98 valence electrons. The van der Waals surface area contributed by atoms with Gasteiger partial charge in [-0.25, -0.2) is 8.78 Å². The molecule has 0 aliphatic heterocycles. The van der Waals surface area contributed by atoms with Gasteiger partial charge in [-0.15, -0.1) is 0 Å². The molecule has 0 atom stereocenters. The minimum absolute atomic E-state index is 0.0695. The molecular formula is C13H8ClF2NO2. The molecule has 1 amide bonds. The summed E-state index contributed by atoms with van der Waals surface area (Å²) in [5, 5.41) is 11.6. The number of benzene rings is 2. The van der Waals surface area contributed by atoms with E-state index in [1.807, 2.05) is 0 Å². The first kappa shape index (κ1) is 13.3. The van der Waals surface area contributed by atoms with Crippen LogP contribution in [-0.2, 0) is 0 Å². The van der Waals surface area contributed by atoms with Gasteiger partial charge in [0, 0.05) is 6.07 Å². The number of nitrogens with one attached hydrogen (secondary N) is 1. The Labute approximate surface area is 112 Å². The molecule has 0 aromatic heterocycles. The monoisotopic (exact) mass is 283 g/mol. The molecule has 0 unspecified atom stereocenters. The second-order valence-corrected chi connectivity index (χ2v) is 4.13. The van der Waals surface area contributed by atoms with Gasteiger partial charge in [-0.2, -0.15) is 0 Å². The average Bonchev–Trinajstić information content (AvgIpc) is 2.36. The van der Waals surface area contributed by atoms with E-state index in [-0.39, 0.29) is 16.5 Å². The normalized spacial score (nSPS) is 10.3. The van der Waals surface area contributed by atoms with Gasteiger partial charge in [-0.05, 0) is 24.3 Å². The number of anilines is 1. The molecular weight excluding hydrogens is 276 g/mol. The molecule has 3 nitrogen and oxygen atoms in total. The number of carbonyl (C=O) groups is 1. The molecule has 2 N–H and O–H groups in total. The lowest BCUT2D eigenvalue weighted by Gasteiger charge is -2.08. The van der Waals surface area contributed by atoms with Crippen LogP contribution in [0.15, 0.2) is 36.4 Å². The smallest absolute Gasteiger partial charge is 0.258 e. The van der Waals surface area contributed by atoms with Crippen LogP contribution >= 0.6 is 11.6 Å². The van der Waals surface area contributed by atoms with Crippen molar-refractivity contribution in [3.63, 3.8) is 0 Å². The summed E-state index contributed by atoms with van der Waals surface area (Å²) in [5.41, 5.74) is -0.239. The minimum Gasteiger partial charge on any atom is -0.508 e. The maximum Gasteiger partial charge on any atom is 0.258 e. The van der Waals surface area contributed by atoms with Crippen molar-refractivity contribution in [1.82, 2.24) is 0 Å². The van der Waals surface area contributed by atoms with Crippen LogP contribution in [0.5, 0.6) is 5.75 Å². The molecule has 0 saturated carbocycles. The fourth-order valence-corrected chi connectivity index (χ4v) is 1.70. The fraction of sp³-hybridized carbons (Fsp3) is 0. The molecule has 0 heterocycles. The number of phenols is 1. The average molecular weight is 284 g/mol. The number of rotatable bonds is 2. The van der Waals surface area contributed by atoms with Crippen LogP contribution in [0, 0.1) is 11.6 Å². The number of phenolic OH excluding ortho intramolecular Hbond substituents is 1. The van der Waals surface area contributed by atoms with Crippen LogP contribution in [0.1, 0.15) is 10.4 Å². The van der Waals surface area contributed by atoms with Crippen LogP contribution in [0.4, 0.5) is 14.5 Å². The lowest BCUT2D eigenvalue weighted by Crippen LogP contribution is -2.14. The molecule has 0 saturated heterocycles. The van der Waals surface area contributed by atoms with Gasteiger partial charge < -0.3 is 10.4 Å². The molecule has 2 aromatic carbocycles. The van der Waals surface area contributed by atoms with Gasteiger partial charge in [0.1, 0.15) is 5.75 Å². The van der Waals surface area contributed by atoms with Crippen molar-refractivity contribution in [2.45, 2.75) is 0 Å². The van der Waals surface area contributed by atoms with Crippen LogP contribution in [0.25, 0.3) is 0 Å². The van der Waals surface area contributed by atoms with Crippen molar-refractivity contribution in [3.05, 3.63) is 58.6 Å². The first-order chi connectivity index (χ1) is 8.99. The number of carbonyl (C=O) groups excluding carboxylic acids is 1. The van der Waals surface area contributed by atoms with Crippen LogP contribution in [0.3, 0.4) is 0 Å². The van der Waals surface area contributed by atoms with Gasteiger partial charge >= 0.3 is 0 Å². The third-order valence-corrected chi connectivity index (χ3v) is 2.71. The Morgan fingerprint density at radius 2 is 1.95 bits per heavy atom. The highest BCUT2D eigenvalue weighted by Crippen LogP contribution is 2.26. The van der Waals surface area contributed by atoms with Gasteiger partial charge in [-0.1, -0.05) is 17.7 Å². The molecule has 0 aliphatic rings. The lowest BCUT2D eigenvalue weighted by molar-refractivity contribution is 0.102. The predicted octanol–water partition coefficient (Wildman–Crippen LogP) is 3.58. The second-order valence-electron chi connectivity index (χ2n) is 3.72. The predicted molar refractivity (Wildman–Crippen MR) is 67.4 cm³/mol. The Morgan fingerprint density at radius 3 is 2.63 bits per heavy atom. The molecule has 2 aromatic rings. The van der Waals surface area contributed by atoms with E-state index < -0.39 is 23.1 Å². The Morgan fingerprint density at radius 1 is 1.21 bits per heavy atom. The van der Waals surface area contributed by atoms with Crippen LogP contribution in [-0.4, -0.2) is 11.0 Å². The summed E-state index contributed by atoms with van der Waals surface area (Å²) in [6, 6.07) is 7.18. The van der Waals surface area contributed by atoms with E-state index in [1.165, 1.54) is 24.3 Å². The topological polar surface area (TPSA) is 49.3 Å². The van der Waals surface area contributed by atoms with E-state index in [1.54, 1.807) is 0 Å². The van der Waals surface area contributed by atoms with Gasteiger partial charge in [0.2, 0.25) is 0 Å². The Bertz CT molecular complexity index is 647. The summed E-state index contributed by atoms with van der Waals surface area (Å²) in [6.45, 7) is 0. The summed E-state index contributed by atoms with van der Waals surface area (Å²) in [4.78, 5) is 11.8. The number of hydrogen-bond acceptors (Lipinski definition) is 2. The molecule has 0 fully saturated rings. The maximum atomic E-state index is 13.4. The zero-order valence-electron chi connectivity index (χ0n) is 9.45. The largest absolute Gasteiger partial charge is 0.508 e. The zero-order valence-corrected chi connectivity index (χ0v) is 10.2. The maximum absolute atomic E-state index is 13.4. The minimum atomic E-state index is -1.23. The van der Waals surface area contributed by atoms with E-state index in [4.69, 9.17) is 16.7 Å². The molecule has 6 heteroatoms. The molecule has 0 bridgehead atoms. The first-order valence-corrected chi connectivity index (χ1v) is 5.60. The van der Waals surface area contributed by atoms with Crippen molar-refractivity contribution < 1.29 is 18.7 Å². The zero-order chi connectivity index (χ0) is 14.0. The highest BCUT2D eigenvalue weighted by atomic mass is 35.5. The van der Waals surface area contributed by atoms with Gasteiger partial charge in [0.15, 0.2) is 11.6 Å². The van der Waals surface area contributed by atoms with Gasteiger partial charge in [-0.3, -0.25) is 4.79 Å². The van der Waals surface area contributed by atoms with Crippen LogP contribution in [0.2, 0.25) is 5.02 Å². The highest BCUT2D eigenvalue weighted by molar-refractivity contribution is 6.34. The lowest BCUT2D eigenvalue weighted by atomic mass is 10.2. The number of halogens is 3. The summed E-state index contributed by atoms with van der Waals surface area (Å²) >= 11 is 5.79. The first-order valence-electron chi connectivity index (χ1n) is 5.23. The van der Waals surface area contributed by atoms with E-state index in [0.29, 0.717) is 0 Å². The molecule has 2 rings (SSSR count). The molecule has 19 heavy (non-hydrogen) atoms. The van der Waals surface area contributed by atoms with Crippen molar-refractivity contribution in [2.24, 2.45) is 0 Å². The number of hydrogen-bond donors (Lipinski definition) is 2. The van der Waals surface area contributed by atoms with Gasteiger partial charge in [0.25, 0.3) is 5.91 Å². The second kappa shape index (κ2) is 5.24. The van der Waals surface area contributed by atoms with Crippen molar-refractivity contribution in [2.75, 3.05) is 5.32 Å². The fourth-order valence-electron chi connectivity index (χ4n) is 1.47. The Kier molecular flexibility index (Phi) is 3.66. The van der Waals surface area contributed by atoms with E-state index in [9.17, 15) is 13.6 Å². The quantitative estimate of drug-likeness (QED) is 0.828. The highest BCUT2D eigenvalue weighted by Gasteiger charge is 2.16. The molecule has 0 radical (unpaired) electrons. The van der Waals surface area contributed by atoms with Crippen molar-refractivity contribution in [3.8, 4) is 5.75 Å². The number of amides is 1. The number of aromatic hydroxyl groups is 1. The SMILES string of the molecule is O=C(Nc1ccc(O)cc1Cl)c1cccc(F)c1F. The summed E-state index contributed by atoms with van der Waals surface area (Å²) in [7, 11) is 0. The van der Waals surface area contributed by atoms with E-state index in [2.05, 4.69) is 5.32 Å². The third-order valence-electron chi connectivity index (χ3n) is 2.40. The van der Waals surface area contributed by atoms with Crippen LogP contribution < -0.4 is 5.32 Å². The Hall–Kier alpha value is -2.14. The molecule has 0 spiro atoms. The van der Waals surface area contributed by atoms with Crippen molar-refractivity contribution in [1.29, 1.82) is 0 Å². The van der Waals surface area contributed by atoms with Crippen molar-refractivity contribution >= 4 is 23.2 Å². The Balaban J connectivity index is 2.28. The summed E-state index contributed by atoms with van der Waals surface area (Å²) in [6.07, 6.45) is 0.